The van der Waals surface area contributed by atoms with Gasteiger partial charge in [-0.1, -0.05) is 18.2 Å². The van der Waals surface area contributed by atoms with Crippen LogP contribution >= 0.6 is 0 Å². The fraction of sp³-hybridized carbons (Fsp3) is 0.346. The molecule has 1 fully saturated rings. The van der Waals surface area contributed by atoms with Crippen LogP contribution in [0.4, 0.5) is 5.82 Å². The van der Waals surface area contributed by atoms with Crippen molar-refractivity contribution >= 4 is 22.5 Å². The predicted molar refractivity (Wildman–Crippen MR) is 133 cm³/mol. The second-order valence-electron chi connectivity index (χ2n) is 9.67. The zero-order valence-corrected chi connectivity index (χ0v) is 19.5. The smallest absolute Gasteiger partial charge is 0.180 e. The number of aliphatic hydroxyl groups is 1. The largest absolute Gasteiger partial charge is 0.390 e. The average Bonchev–Trinajstić information content (AvgIpc) is 3.46. The highest BCUT2D eigenvalue weighted by Gasteiger charge is 2.30. The zero-order chi connectivity index (χ0) is 23.3. The molecule has 2 N–H and O–H groups in total. The van der Waals surface area contributed by atoms with Crippen LogP contribution in [-0.4, -0.2) is 58.7 Å². The molecule has 1 aliphatic heterocycles. The Bertz CT molecular complexity index is 1420. The Kier molecular flexibility index (Phi) is 5.00. The summed E-state index contributed by atoms with van der Waals surface area (Å²) >= 11 is 0. The molecule has 0 spiro atoms. The van der Waals surface area contributed by atoms with E-state index in [1.165, 1.54) is 0 Å². The Hall–Kier alpha value is -3.49. The molecule has 0 amide bonds. The molecule has 4 heterocycles. The van der Waals surface area contributed by atoms with Crippen molar-refractivity contribution in [1.29, 1.82) is 0 Å². The summed E-state index contributed by atoms with van der Waals surface area (Å²) in [7, 11) is 2.00. The van der Waals surface area contributed by atoms with Crippen LogP contribution in [0.25, 0.3) is 27.9 Å². The first kappa shape index (κ1) is 21.1. The van der Waals surface area contributed by atoms with Crippen LogP contribution in [0, 0.1) is 0 Å². The van der Waals surface area contributed by atoms with Crippen molar-refractivity contribution in [1.82, 2.24) is 28.8 Å². The Morgan fingerprint density at radius 2 is 2.03 bits per heavy atom. The summed E-state index contributed by atoms with van der Waals surface area (Å²) in [6, 6.07) is 6.59. The van der Waals surface area contributed by atoms with E-state index in [1.54, 1.807) is 6.20 Å². The van der Waals surface area contributed by atoms with E-state index in [-0.39, 0.29) is 0 Å². The van der Waals surface area contributed by atoms with Gasteiger partial charge in [-0.15, -0.1) is 0 Å². The molecule has 174 valence electrons. The summed E-state index contributed by atoms with van der Waals surface area (Å²) in [5.74, 6) is 0.732. The van der Waals surface area contributed by atoms with Gasteiger partial charge in [0.1, 0.15) is 0 Å². The first-order valence-corrected chi connectivity index (χ1v) is 11.8. The number of allylic oxidation sites excluding steroid dienone is 1. The van der Waals surface area contributed by atoms with E-state index in [0.717, 1.165) is 71.8 Å². The second kappa shape index (κ2) is 8.07. The molecule has 0 radical (unpaired) electrons. The van der Waals surface area contributed by atoms with Crippen molar-refractivity contribution in [3.8, 4) is 11.3 Å². The minimum absolute atomic E-state index is 0.373. The van der Waals surface area contributed by atoms with Gasteiger partial charge in [-0.05, 0) is 44.4 Å². The summed E-state index contributed by atoms with van der Waals surface area (Å²) in [5.41, 5.74) is 5.24. The lowest BCUT2D eigenvalue weighted by atomic mass is 9.92. The van der Waals surface area contributed by atoms with Crippen LogP contribution in [0.5, 0.6) is 0 Å². The van der Waals surface area contributed by atoms with Crippen LogP contribution < -0.4 is 5.32 Å². The van der Waals surface area contributed by atoms with Crippen LogP contribution in [-0.2, 0) is 7.05 Å². The van der Waals surface area contributed by atoms with Gasteiger partial charge in [0, 0.05) is 56.0 Å². The lowest BCUT2D eigenvalue weighted by molar-refractivity contribution is -0.0115. The van der Waals surface area contributed by atoms with Gasteiger partial charge in [-0.25, -0.2) is 15.0 Å². The van der Waals surface area contributed by atoms with E-state index >= 15 is 0 Å². The van der Waals surface area contributed by atoms with Crippen LogP contribution in [0.3, 0.4) is 0 Å². The number of aryl methyl sites for hydroxylation is 1. The molecule has 2 aliphatic rings. The molecule has 1 saturated heterocycles. The van der Waals surface area contributed by atoms with Gasteiger partial charge in [-0.2, -0.15) is 0 Å². The molecule has 1 unspecified atom stereocenters. The fourth-order valence-electron chi connectivity index (χ4n) is 4.89. The van der Waals surface area contributed by atoms with Gasteiger partial charge in [0.15, 0.2) is 11.5 Å². The summed E-state index contributed by atoms with van der Waals surface area (Å²) in [5, 5.41) is 13.7. The third-order valence-electron chi connectivity index (χ3n) is 7.08. The number of aromatic nitrogens is 5. The van der Waals surface area contributed by atoms with Gasteiger partial charge >= 0.3 is 0 Å². The molecule has 1 aliphatic carbocycles. The van der Waals surface area contributed by atoms with Crippen LogP contribution in [0.2, 0.25) is 0 Å². The normalized spacial score (nSPS) is 20.7. The molecule has 6 rings (SSSR count). The predicted octanol–water partition coefficient (Wildman–Crippen LogP) is 3.75. The Morgan fingerprint density at radius 1 is 1.18 bits per heavy atom. The molecule has 0 saturated carbocycles. The van der Waals surface area contributed by atoms with E-state index in [1.807, 2.05) is 47.7 Å². The molecule has 3 aromatic heterocycles. The summed E-state index contributed by atoms with van der Waals surface area (Å²) in [4.78, 5) is 16.3. The molecule has 0 bridgehead atoms. The van der Waals surface area contributed by atoms with Gasteiger partial charge in [0.05, 0.1) is 28.7 Å². The Labute approximate surface area is 198 Å². The van der Waals surface area contributed by atoms with Gasteiger partial charge < -0.3 is 19.4 Å². The highest BCUT2D eigenvalue weighted by Crippen LogP contribution is 2.28. The standard InChI is InChI=1S/C26H29N7O/c1-26(34)9-12-32(13-10-26)20-6-4-19(5-7-20)29-24-25-27-11-14-33(25)16-22(30-24)18-3-8-21-23(15-18)31(2)17-28-21/h3-6,8,11,14-17,20,34H,7,9-10,12-13H2,1-2H3,(H,29,30). The summed E-state index contributed by atoms with van der Waals surface area (Å²) in [6.45, 7) is 3.80. The number of hydrogen-bond acceptors (Lipinski definition) is 6. The number of anilines is 1. The highest BCUT2D eigenvalue weighted by molar-refractivity contribution is 5.82. The molecule has 4 aromatic rings. The highest BCUT2D eigenvalue weighted by atomic mass is 16.3. The molecule has 8 heteroatoms. The topological polar surface area (TPSA) is 83.5 Å². The quantitative estimate of drug-likeness (QED) is 0.488. The summed E-state index contributed by atoms with van der Waals surface area (Å²) in [6.07, 6.45) is 16.8. The number of benzene rings is 1. The number of piperidine rings is 1. The van der Waals surface area contributed by atoms with Gasteiger partial charge in [-0.3, -0.25) is 4.90 Å². The minimum Gasteiger partial charge on any atom is -0.390 e. The van der Waals surface area contributed by atoms with Crippen molar-refractivity contribution in [3.05, 3.63) is 67.0 Å². The number of fused-ring (bicyclic) bond motifs is 2. The maximum absolute atomic E-state index is 10.2. The number of rotatable bonds is 4. The number of hydrogen-bond donors (Lipinski definition) is 2. The minimum atomic E-state index is -0.523. The lowest BCUT2D eigenvalue weighted by Gasteiger charge is -2.39. The Balaban J connectivity index is 1.25. The van der Waals surface area contributed by atoms with Gasteiger partial charge in [0.2, 0.25) is 0 Å². The van der Waals surface area contributed by atoms with Crippen molar-refractivity contribution < 1.29 is 5.11 Å². The third kappa shape index (κ3) is 3.89. The van der Waals surface area contributed by atoms with E-state index in [9.17, 15) is 5.11 Å². The van der Waals surface area contributed by atoms with E-state index in [0.29, 0.717) is 6.04 Å². The number of nitrogens with zero attached hydrogens (tertiary/aromatic N) is 6. The van der Waals surface area contributed by atoms with Gasteiger partial charge in [0.25, 0.3) is 0 Å². The Morgan fingerprint density at radius 3 is 2.82 bits per heavy atom. The first-order valence-electron chi connectivity index (χ1n) is 11.8. The maximum Gasteiger partial charge on any atom is 0.180 e. The first-order chi connectivity index (χ1) is 16.4. The van der Waals surface area contributed by atoms with E-state index in [4.69, 9.17) is 4.98 Å². The lowest BCUT2D eigenvalue weighted by Crippen LogP contribution is -2.46. The molecular formula is C26H29N7O. The number of nitrogens with one attached hydrogen (secondary N) is 1. The molecule has 8 nitrogen and oxygen atoms in total. The zero-order valence-electron chi connectivity index (χ0n) is 19.5. The molecule has 1 atom stereocenters. The van der Waals surface area contributed by atoms with Crippen molar-refractivity contribution in [2.75, 3.05) is 18.4 Å². The van der Waals surface area contributed by atoms with Crippen molar-refractivity contribution in [3.63, 3.8) is 0 Å². The second-order valence-corrected chi connectivity index (χ2v) is 9.67. The van der Waals surface area contributed by atoms with E-state index in [2.05, 4.69) is 50.5 Å². The van der Waals surface area contributed by atoms with Crippen molar-refractivity contribution in [2.24, 2.45) is 7.05 Å². The van der Waals surface area contributed by atoms with Crippen LogP contribution in [0.15, 0.2) is 67.0 Å². The maximum atomic E-state index is 10.2. The van der Waals surface area contributed by atoms with Crippen LogP contribution in [0.1, 0.15) is 26.2 Å². The van der Waals surface area contributed by atoms with E-state index < -0.39 is 5.60 Å². The molecule has 1 aromatic carbocycles. The average molecular weight is 456 g/mol. The molecular weight excluding hydrogens is 426 g/mol. The SMILES string of the molecule is Cn1cnc2ccc(-c3cn4ccnc4c(NC4=CCC(N5CCC(C)(O)CC5)C=C4)n3)cc21. The van der Waals surface area contributed by atoms with Crippen molar-refractivity contribution in [2.45, 2.75) is 37.8 Å². The third-order valence-corrected chi connectivity index (χ3v) is 7.08. The number of imidazole rings is 2. The fourth-order valence-corrected chi connectivity index (χ4v) is 4.89. The number of likely N-dealkylation sites (tertiary alicyclic amines) is 1. The monoisotopic (exact) mass is 455 g/mol. The molecule has 34 heavy (non-hydrogen) atoms. The summed E-state index contributed by atoms with van der Waals surface area (Å²) < 4.78 is 4.03.